The number of hydrogen-bond acceptors (Lipinski definition) is 6. The zero-order chi connectivity index (χ0) is 29.1. The van der Waals surface area contributed by atoms with Gasteiger partial charge in [-0.3, -0.25) is 14.5 Å². The summed E-state index contributed by atoms with van der Waals surface area (Å²) in [5.41, 5.74) is 3.69. The van der Waals surface area contributed by atoms with Gasteiger partial charge in [-0.25, -0.2) is 4.98 Å². The molecular formula is C34H36N6O3. The van der Waals surface area contributed by atoms with Crippen molar-refractivity contribution in [1.82, 2.24) is 24.7 Å². The Morgan fingerprint density at radius 2 is 1.77 bits per heavy atom. The van der Waals surface area contributed by atoms with Crippen molar-refractivity contribution in [2.45, 2.75) is 63.7 Å². The van der Waals surface area contributed by atoms with Gasteiger partial charge in [-0.05, 0) is 97.7 Å². The highest BCUT2D eigenvalue weighted by Gasteiger charge is 2.51. The second kappa shape index (κ2) is 10.2. The first kappa shape index (κ1) is 26.5. The number of nitrogens with zero attached hydrogens (tertiary/aromatic N) is 5. The smallest absolute Gasteiger partial charge is 0.252 e. The maximum Gasteiger partial charge on any atom is 0.252 e. The molecule has 9 nitrogen and oxygen atoms in total. The molecule has 4 aliphatic carbocycles. The summed E-state index contributed by atoms with van der Waals surface area (Å²) in [7, 11) is 0. The van der Waals surface area contributed by atoms with Gasteiger partial charge < -0.3 is 19.5 Å². The zero-order valence-corrected chi connectivity index (χ0v) is 24.3. The number of fused-ring (bicyclic) bond motifs is 2. The van der Waals surface area contributed by atoms with Gasteiger partial charge in [0.05, 0.1) is 24.1 Å². The molecular weight excluding hydrogens is 540 g/mol. The van der Waals surface area contributed by atoms with E-state index in [1.807, 2.05) is 41.4 Å². The molecule has 1 atom stereocenters. The lowest BCUT2D eigenvalue weighted by Gasteiger charge is -2.56. The molecule has 3 aromatic rings. The van der Waals surface area contributed by atoms with Crippen molar-refractivity contribution in [3.8, 4) is 17.6 Å². The minimum atomic E-state index is -0.109. The molecule has 2 amide bonds. The molecule has 10 bridgehead atoms. The summed E-state index contributed by atoms with van der Waals surface area (Å²) < 4.78 is 8.41. The molecule has 5 fully saturated rings. The summed E-state index contributed by atoms with van der Waals surface area (Å²) in [5, 5.41) is 13.3. The second-order valence-electron chi connectivity index (χ2n) is 13.6. The molecule has 0 spiro atoms. The van der Waals surface area contributed by atoms with Crippen LogP contribution in [-0.2, 0) is 24.4 Å². The lowest BCUT2D eigenvalue weighted by molar-refractivity contribution is -0.136. The van der Waals surface area contributed by atoms with Gasteiger partial charge in [0.15, 0.2) is 0 Å². The summed E-state index contributed by atoms with van der Waals surface area (Å²) in [6.07, 6.45) is 10.8. The zero-order valence-electron chi connectivity index (χ0n) is 24.3. The number of rotatable bonds is 2. The van der Waals surface area contributed by atoms with Gasteiger partial charge in [0.1, 0.15) is 17.6 Å². The van der Waals surface area contributed by atoms with Gasteiger partial charge in [-0.1, -0.05) is 6.07 Å². The highest BCUT2D eigenvalue weighted by atomic mass is 16.5. The number of piperazine rings is 1. The van der Waals surface area contributed by atoms with E-state index >= 15 is 0 Å². The Hall–Kier alpha value is -4.16. The number of hydrogen-bond donors (Lipinski definition) is 1. The Bertz CT molecular complexity index is 1620. The van der Waals surface area contributed by atoms with Gasteiger partial charge in [0.2, 0.25) is 5.91 Å². The number of nitrogens with one attached hydrogen (secondary N) is 1. The molecule has 9 heteroatoms. The van der Waals surface area contributed by atoms with Crippen LogP contribution in [0.5, 0.6) is 11.5 Å². The molecule has 1 unspecified atom stereocenters. The predicted octanol–water partition coefficient (Wildman–Crippen LogP) is 4.45. The van der Waals surface area contributed by atoms with E-state index in [1.165, 1.54) is 19.3 Å². The van der Waals surface area contributed by atoms with Crippen molar-refractivity contribution < 1.29 is 14.3 Å². The van der Waals surface area contributed by atoms with E-state index in [2.05, 4.69) is 25.8 Å². The van der Waals surface area contributed by atoms with Crippen LogP contribution < -0.4 is 10.1 Å². The number of benzene rings is 2. The SMILES string of the molecule is N#Cc1ccc2cc1Oc1ccc(C(=O)NC34CC5CC(CC(C5)C3)C4)c(c1)CN1CCN(CC1=O)Cc1cncn1C2. The van der Waals surface area contributed by atoms with Crippen molar-refractivity contribution in [2.24, 2.45) is 17.8 Å². The Morgan fingerprint density at radius 3 is 2.51 bits per heavy atom. The maximum absolute atomic E-state index is 14.0. The van der Waals surface area contributed by atoms with E-state index in [4.69, 9.17) is 4.74 Å². The number of carbonyl (C=O) groups excluding carboxylic acids is 2. The first-order valence-electron chi connectivity index (χ1n) is 15.6. The minimum absolute atomic E-state index is 0.0418. The molecule has 0 radical (unpaired) electrons. The lowest BCUT2D eigenvalue weighted by atomic mass is 9.53. The van der Waals surface area contributed by atoms with Crippen LogP contribution in [0.3, 0.4) is 0 Å². The fraction of sp³-hybridized carbons (Fsp3) is 0.471. The monoisotopic (exact) mass is 576 g/mol. The summed E-state index contributed by atoms with van der Waals surface area (Å²) in [4.78, 5) is 35.8. The number of ether oxygens (including phenoxy) is 1. The standard InChI is InChI=1S/C34H36N6O3/c35-15-26-2-1-22-10-31(26)43-29-3-4-30(33(42)37-34-12-23-7-24(13-34)9-25(8-23)14-34)27(11-29)18-39-6-5-38(20-32(39)41)19-28-16-36-21-40(28)17-22/h1-4,10-11,16,21,23-25H,5-9,12-14,17-20H2,(H,37,42). The predicted molar refractivity (Wildman–Crippen MR) is 158 cm³/mol. The Balaban J connectivity index is 1.15. The van der Waals surface area contributed by atoms with Crippen LogP contribution in [0.2, 0.25) is 0 Å². The molecule has 4 heterocycles. The van der Waals surface area contributed by atoms with E-state index < -0.39 is 0 Å². The quantitative estimate of drug-likeness (QED) is 0.484. The number of imidazole rings is 1. The normalized spacial score (nSPS) is 29.1. The van der Waals surface area contributed by atoms with Crippen molar-refractivity contribution in [3.63, 3.8) is 0 Å². The molecule has 220 valence electrons. The fourth-order valence-corrected chi connectivity index (χ4v) is 8.84. The van der Waals surface area contributed by atoms with E-state index in [9.17, 15) is 14.9 Å². The highest BCUT2D eigenvalue weighted by molar-refractivity contribution is 5.96. The first-order valence-corrected chi connectivity index (χ1v) is 15.6. The Kier molecular flexibility index (Phi) is 6.30. The summed E-state index contributed by atoms with van der Waals surface area (Å²) in [6.45, 7) is 3.15. The van der Waals surface area contributed by atoms with Gasteiger partial charge in [0, 0.05) is 50.0 Å². The third kappa shape index (κ3) is 4.98. The Morgan fingerprint density at radius 1 is 0.977 bits per heavy atom. The summed E-state index contributed by atoms with van der Waals surface area (Å²) >= 11 is 0. The molecule has 1 saturated heterocycles. The lowest BCUT2D eigenvalue weighted by Crippen LogP contribution is -2.60. The van der Waals surface area contributed by atoms with Crippen LogP contribution in [0.15, 0.2) is 48.9 Å². The van der Waals surface area contributed by atoms with E-state index in [-0.39, 0.29) is 17.4 Å². The fourth-order valence-electron chi connectivity index (χ4n) is 8.84. The molecule has 3 aliphatic heterocycles. The van der Waals surface area contributed by atoms with E-state index in [0.717, 1.165) is 60.4 Å². The van der Waals surface area contributed by atoms with Crippen LogP contribution in [-0.4, -0.2) is 56.3 Å². The van der Waals surface area contributed by atoms with Crippen molar-refractivity contribution in [2.75, 3.05) is 19.6 Å². The molecule has 4 saturated carbocycles. The molecule has 10 rings (SSSR count). The van der Waals surface area contributed by atoms with Gasteiger partial charge in [-0.2, -0.15) is 5.26 Å². The van der Waals surface area contributed by atoms with Crippen LogP contribution in [0.1, 0.15) is 71.3 Å². The third-order valence-corrected chi connectivity index (χ3v) is 10.4. The van der Waals surface area contributed by atoms with Gasteiger partial charge >= 0.3 is 0 Å². The molecule has 43 heavy (non-hydrogen) atoms. The van der Waals surface area contributed by atoms with Crippen molar-refractivity contribution >= 4 is 11.8 Å². The molecule has 2 aromatic carbocycles. The largest absolute Gasteiger partial charge is 0.456 e. The van der Waals surface area contributed by atoms with Gasteiger partial charge in [0.25, 0.3) is 5.91 Å². The maximum atomic E-state index is 14.0. The molecule has 1 aromatic heterocycles. The molecule has 1 N–H and O–H groups in total. The van der Waals surface area contributed by atoms with Crippen LogP contribution in [0.25, 0.3) is 0 Å². The summed E-state index contributed by atoms with van der Waals surface area (Å²) in [5.74, 6) is 3.17. The van der Waals surface area contributed by atoms with Crippen molar-refractivity contribution in [3.05, 3.63) is 76.9 Å². The van der Waals surface area contributed by atoms with Crippen LogP contribution in [0.4, 0.5) is 0 Å². The average Bonchev–Trinajstić information content (AvgIpc) is 3.39. The number of amides is 2. The number of nitriles is 1. The summed E-state index contributed by atoms with van der Waals surface area (Å²) in [6, 6.07) is 13.4. The third-order valence-electron chi connectivity index (χ3n) is 10.4. The number of carbonyl (C=O) groups is 2. The van der Waals surface area contributed by atoms with Crippen LogP contribution in [0, 0.1) is 29.1 Å². The van der Waals surface area contributed by atoms with E-state index in [0.29, 0.717) is 55.3 Å². The average molecular weight is 577 g/mol. The first-order chi connectivity index (χ1) is 20.9. The van der Waals surface area contributed by atoms with Crippen LogP contribution >= 0.6 is 0 Å². The second-order valence-corrected chi connectivity index (χ2v) is 13.6. The minimum Gasteiger partial charge on any atom is -0.456 e. The van der Waals surface area contributed by atoms with Crippen molar-refractivity contribution in [1.29, 1.82) is 5.26 Å². The topological polar surface area (TPSA) is 103 Å². The Labute approximate surface area is 251 Å². The van der Waals surface area contributed by atoms with Gasteiger partial charge in [-0.15, -0.1) is 0 Å². The number of aromatic nitrogens is 2. The van der Waals surface area contributed by atoms with E-state index in [1.54, 1.807) is 12.4 Å². The molecule has 7 aliphatic rings. The highest BCUT2D eigenvalue weighted by Crippen LogP contribution is 2.55.